The third-order valence-corrected chi connectivity index (χ3v) is 10.1. The Morgan fingerprint density at radius 2 is 1.40 bits per heavy atom. The van der Waals surface area contributed by atoms with Crippen molar-refractivity contribution in [1.82, 2.24) is 0 Å². The summed E-state index contributed by atoms with van der Waals surface area (Å²) >= 11 is 0. The minimum absolute atomic E-state index is 0.503. The van der Waals surface area contributed by atoms with E-state index >= 15 is 0 Å². The van der Waals surface area contributed by atoms with Gasteiger partial charge in [0.1, 0.15) is 0 Å². The standard InChI is InChI=1S/C14H30Si/c1-5-12(3)15(13(4)6-2)14-10-8-7-9-11-14/h12-15H,5-11H2,1-4H3. The normalized spacial score (nSPS) is 24.8. The molecule has 0 bridgehead atoms. The Labute approximate surface area is 98.5 Å². The maximum Gasteiger partial charge on any atom is 0.0455 e. The van der Waals surface area contributed by atoms with Gasteiger partial charge in [-0.25, -0.2) is 0 Å². The molecule has 1 rings (SSSR count). The van der Waals surface area contributed by atoms with Crippen LogP contribution in [-0.2, 0) is 0 Å². The van der Waals surface area contributed by atoms with Crippen molar-refractivity contribution in [2.75, 3.05) is 0 Å². The molecule has 0 aliphatic heterocycles. The first kappa shape index (κ1) is 13.3. The van der Waals surface area contributed by atoms with E-state index in [9.17, 15) is 0 Å². The van der Waals surface area contributed by atoms with Gasteiger partial charge in [0, 0.05) is 8.80 Å². The topological polar surface area (TPSA) is 0 Å². The van der Waals surface area contributed by atoms with E-state index in [2.05, 4.69) is 27.7 Å². The summed E-state index contributed by atoms with van der Waals surface area (Å²) in [6.07, 6.45) is 10.6. The van der Waals surface area contributed by atoms with Gasteiger partial charge in [-0.2, -0.15) is 0 Å². The fourth-order valence-corrected chi connectivity index (χ4v) is 8.86. The molecule has 1 fully saturated rings. The van der Waals surface area contributed by atoms with E-state index in [4.69, 9.17) is 0 Å². The quantitative estimate of drug-likeness (QED) is 0.569. The third kappa shape index (κ3) is 3.62. The second-order valence-electron chi connectivity index (χ2n) is 5.75. The maximum atomic E-state index is 2.54. The number of hydrogen-bond acceptors (Lipinski definition) is 0. The van der Waals surface area contributed by atoms with Crippen molar-refractivity contribution in [2.24, 2.45) is 0 Å². The lowest BCUT2D eigenvalue weighted by atomic mass is 10.0. The molecule has 0 aromatic heterocycles. The van der Waals surface area contributed by atoms with Crippen LogP contribution in [0.25, 0.3) is 0 Å². The Bertz CT molecular complexity index is 151. The summed E-state index contributed by atoms with van der Waals surface area (Å²) in [7, 11) is -0.503. The van der Waals surface area contributed by atoms with Gasteiger partial charge in [0.05, 0.1) is 0 Å². The molecule has 1 aliphatic carbocycles. The number of rotatable bonds is 5. The molecule has 2 atom stereocenters. The molecule has 0 radical (unpaired) electrons. The van der Waals surface area contributed by atoms with Crippen molar-refractivity contribution < 1.29 is 0 Å². The molecule has 0 aromatic carbocycles. The highest BCUT2D eigenvalue weighted by atomic mass is 28.3. The average molecular weight is 226 g/mol. The SMILES string of the molecule is CCC(C)[SiH](C(C)CC)C1CCCCC1. The molecular weight excluding hydrogens is 196 g/mol. The minimum Gasteiger partial charge on any atom is -0.0654 e. The predicted molar refractivity (Wildman–Crippen MR) is 73.4 cm³/mol. The van der Waals surface area contributed by atoms with Crippen molar-refractivity contribution >= 4 is 8.80 Å². The largest absolute Gasteiger partial charge is 0.0654 e. The fourth-order valence-electron chi connectivity index (χ4n) is 3.55. The molecule has 0 saturated heterocycles. The molecule has 1 aliphatic rings. The molecular formula is C14H30Si. The zero-order valence-electron chi connectivity index (χ0n) is 11.3. The van der Waals surface area contributed by atoms with Crippen LogP contribution >= 0.6 is 0 Å². The molecule has 1 saturated carbocycles. The summed E-state index contributed by atoms with van der Waals surface area (Å²) in [5.41, 5.74) is 3.33. The Balaban J connectivity index is 2.60. The molecule has 2 unspecified atom stereocenters. The highest BCUT2D eigenvalue weighted by Gasteiger charge is 2.31. The van der Waals surface area contributed by atoms with Crippen LogP contribution in [0.15, 0.2) is 0 Å². The second kappa shape index (κ2) is 6.73. The fraction of sp³-hybridized carbons (Fsp3) is 1.00. The van der Waals surface area contributed by atoms with Crippen molar-refractivity contribution in [3.05, 3.63) is 0 Å². The maximum absolute atomic E-state index is 2.54. The first-order valence-corrected chi connectivity index (χ1v) is 9.20. The van der Waals surface area contributed by atoms with E-state index in [0.717, 1.165) is 11.1 Å². The van der Waals surface area contributed by atoms with E-state index in [1.807, 2.05) is 0 Å². The molecule has 0 N–H and O–H groups in total. The smallest absolute Gasteiger partial charge is 0.0455 e. The Kier molecular flexibility index (Phi) is 5.96. The van der Waals surface area contributed by atoms with Gasteiger partial charge in [-0.05, 0) is 5.54 Å². The van der Waals surface area contributed by atoms with E-state index in [1.54, 1.807) is 12.8 Å². The van der Waals surface area contributed by atoms with Gasteiger partial charge in [-0.1, -0.05) is 83.7 Å². The van der Waals surface area contributed by atoms with E-state index in [0.29, 0.717) is 0 Å². The van der Waals surface area contributed by atoms with Gasteiger partial charge in [-0.15, -0.1) is 0 Å². The summed E-state index contributed by atoms with van der Waals surface area (Å²) in [5, 5.41) is 0. The van der Waals surface area contributed by atoms with Crippen LogP contribution < -0.4 is 0 Å². The number of hydrogen-bond donors (Lipinski definition) is 0. The molecule has 1 heteroatoms. The third-order valence-electron chi connectivity index (χ3n) is 4.80. The summed E-state index contributed by atoms with van der Waals surface area (Å²) in [6.45, 7) is 9.88. The molecule has 0 nitrogen and oxygen atoms in total. The van der Waals surface area contributed by atoms with Gasteiger partial charge in [0.2, 0.25) is 0 Å². The zero-order chi connectivity index (χ0) is 11.3. The molecule has 15 heavy (non-hydrogen) atoms. The molecule has 90 valence electrons. The lowest BCUT2D eigenvalue weighted by Crippen LogP contribution is -2.31. The van der Waals surface area contributed by atoms with Crippen LogP contribution in [0, 0.1) is 0 Å². The zero-order valence-corrected chi connectivity index (χ0v) is 12.4. The van der Waals surface area contributed by atoms with E-state index in [-0.39, 0.29) is 0 Å². The highest BCUT2D eigenvalue weighted by molar-refractivity contribution is 6.63. The van der Waals surface area contributed by atoms with Crippen LogP contribution in [0.1, 0.15) is 72.6 Å². The van der Waals surface area contributed by atoms with Crippen molar-refractivity contribution in [3.8, 4) is 0 Å². The Morgan fingerprint density at radius 1 is 0.933 bits per heavy atom. The van der Waals surface area contributed by atoms with Crippen molar-refractivity contribution in [2.45, 2.75) is 89.3 Å². The van der Waals surface area contributed by atoms with Gasteiger partial charge >= 0.3 is 0 Å². The van der Waals surface area contributed by atoms with Crippen LogP contribution in [0.5, 0.6) is 0 Å². The molecule has 0 heterocycles. The van der Waals surface area contributed by atoms with E-state index < -0.39 is 8.80 Å². The lowest BCUT2D eigenvalue weighted by molar-refractivity contribution is 0.485. The average Bonchev–Trinajstić information content (AvgIpc) is 2.30. The first-order valence-electron chi connectivity index (χ1n) is 7.20. The summed E-state index contributed by atoms with van der Waals surface area (Å²) in [4.78, 5) is 0. The van der Waals surface area contributed by atoms with Crippen LogP contribution in [0.3, 0.4) is 0 Å². The lowest BCUT2D eigenvalue weighted by Gasteiger charge is -2.36. The minimum atomic E-state index is -0.503. The van der Waals surface area contributed by atoms with Gasteiger partial charge in [0.25, 0.3) is 0 Å². The first-order chi connectivity index (χ1) is 7.20. The Hall–Kier alpha value is 0.217. The summed E-state index contributed by atoms with van der Waals surface area (Å²) < 4.78 is 0. The van der Waals surface area contributed by atoms with Gasteiger partial charge < -0.3 is 0 Å². The van der Waals surface area contributed by atoms with Crippen molar-refractivity contribution in [3.63, 3.8) is 0 Å². The van der Waals surface area contributed by atoms with Crippen LogP contribution in [0.2, 0.25) is 16.6 Å². The second-order valence-corrected chi connectivity index (χ2v) is 10.1. The monoisotopic (exact) mass is 226 g/mol. The highest BCUT2D eigenvalue weighted by Crippen LogP contribution is 2.42. The summed E-state index contributed by atoms with van der Waals surface area (Å²) in [6, 6.07) is 0. The Morgan fingerprint density at radius 3 is 1.80 bits per heavy atom. The molecule has 0 spiro atoms. The van der Waals surface area contributed by atoms with E-state index in [1.165, 1.54) is 37.6 Å². The summed E-state index contributed by atoms with van der Waals surface area (Å²) in [5.74, 6) is 0. The van der Waals surface area contributed by atoms with Crippen LogP contribution in [-0.4, -0.2) is 8.80 Å². The van der Waals surface area contributed by atoms with Gasteiger partial charge in [0.15, 0.2) is 0 Å². The van der Waals surface area contributed by atoms with Crippen LogP contribution in [0.4, 0.5) is 0 Å². The molecule has 0 amide bonds. The molecule has 0 aromatic rings. The predicted octanol–water partition coefficient (Wildman–Crippen LogP) is 5.15. The van der Waals surface area contributed by atoms with Crippen molar-refractivity contribution in [1.29, 1.82) is 0 Å². The van der Waals surface area contributed by atoms with Gasteiger partial charge in [-0.3, -0.25) is 0 Å².